The molecule has 0 unspecified atom stereocenters. The minimum absolute atomic E-state index is 0.160. The van der Waals surface area contributed by atoms with Gasteiger partial charge in [-0.05, 0) is 18.4 Å². The van der Waals surface area contributed by atoms with Crippen LogP contribution in [0.2, 0.25) is 0 Å². The van der Waals surface area contributed by atoms with Crippen LogP contribution in [0.15, 0.2) is 30.5 Å². The predicted molar refractivity (Wildman–Crippen MR) is 63.3 cm³/mol. The molecule has 0 bridgehead atoms. The second-order valence-electron chi connectivity index (χ2n) is 3.29. The van der Waals surface area contributed by atoms with Gasteiger partial charge in [0.2, 0.25) is 6.20 Å². The molecule has 3 heteroatoms. The van der Waals surface area contributed by atoms with Gasteiger partial charge in [-0.3, -0.25) is 5.21 Å². The fourth-order valence-corrected chi connectivity index (χ4v) is 1.68. The van der Waals surface area contributed by atoms with Gasteiger partial charge in [0.15, 0.2) is 0 Å². The molecule has 0 fully saturated rings. The maximum absolute atomic E-state index is 9.55. The lowest BCUT2D eigenvalue weighted by Crippen LogP contribution is -2.36. The number of rotatable bonds is 1. The van der Waals surface area contributed by atoms with Crippen molar-refractivity contribution in [3.8, 4) is 0 Å². The Bertz CT molecular complexity index is 481. The molecule has 86 valence electrons. The van der Waals surface area contributed by atoms with Gasteiger partial charge >= 0.3 is 0 Å². The summed E-state index contributed by atoms with van der Waals surface area (Å²) in [5.74, 6) is 0. The summed E-state index contributed by atoms with van der Waals surface area (Å²) in [4.78, 5) is 0. The van der Waals surface area contributed by atoms with Crippen molar-refractivity contribution in [3.05, 3.63) is 41.7 Å². The molecule has 0 saturated heterocycles. The quantitative estimate of drug-likeness (QED) is 0.571. The normalized spacial score (nSPS) is 9.75. The number of aliphatic hydroxyl groups is 1. The molecular weight excluding hydrogens is 202 g/mol. The van der Waals surface area contributed by atoms with E-state index in [-0.39, 0.29) is 6.61 Å². The lowest BCUT2D eigenvalue weighted by molar-refractivity contribution is -0.909. The number of nitrogens with zero attached hydrogens (tertiary/aromatic N) is 1. The highest BCUT2D eigenvalue weighted by atomic mass is 16.5. The van der Waals surface area contributed by atoms with Crippen LogP contribution >= 0.6 is 0 Å². The standard InChI is InChI=1S/C11H12NO2.C2H6/c1-8-10-5-3-2-4-9(10)6-12(14)11(8)7-13;1-2/h2-6,13-14H,7H2,1H3;1-2H3/q+1;. The monoisotopic (exact) mass is 220 g/mol. The number of aromatic nitrogens is 1. The van der Waals surface area contributed by atoms with Gasteiger partial charge in [0, 0.05) is 10.3 Å². The van der Waals surface area contributed by atoms with Crippen LogP contribution < -0.4 is 4.73 Å². The third-order valence-electron chi connectivity index (χ3n) is 2.49. The van der Waals surface area contributed by atoms with Crippen LogP contribution in [0, 0.1) is 6.92 Å². The second-order valence-corrected chi connectivity index (χ2v) is 3.29. The van der Waals surface area contributed by atoms with Crippen molar-refractivity contribution < 1.29 is 15.0 Å². The number of pyridine rings is 1. The Hall–Kier alpha value is -1.61. The van der Waals surface area contributed by atoms with Gasteiger partial charge in [0.25, 0.3) is 5.69 Å². The Labute approximate surface area is 95.6 Å². The molecule has 3 nitrogen and oxygen atoms in total. The maximum Gasteiger partial charge on any atom is 0.262 e. The Morgan fingerprint density at radius 3 is 2.44 bits per heavy atom. The van der Waals surface area contributed by atoms with Gasteiger partial charge in [0.1, 0.15) is 6.61 Å². The van der Waals surface area contributed by atoms with Gasteiger partial charge in [-0.2, -0.15) is 0 Å². The smallest absolute Gasteiger partial charge is 0.262 e. The van der Waals surface area contributed by atoms with Crippen LogP contribution in [0.5, 0.6) is 0 Å². The number of benzene rings is 1. The summed E-state index contributed by atoms with van der Waals surface area (Å²) >= 11 is 0. The molecule has 0 aliphatic carbocycles. The van der Waals surface area contributed by atoms with Gasteiger partial charge in [-0.15, -0.1) is 0 Å². The van der Waals surface area contributed by atoms with Crippen LogP contribution in [0.3, 0.4) is 0 Å². The summed E-state index contributed by atoms with van der Waals surface area (Å²) in [6.45, 7) is 5.73. The average Bonchev–Trinajstić information content (AvgIpc) is 2.32. The average molecular weight is 220 g/mol. The van der Waals surface area contributed by atoms with E-state index in [1.54, 1.807) is 6.20 Å². The Morgan fingerprint density at radius 2 is 1.81 bits per heavy atom. The topological polar surface area (TPSA) is 44.3 Å². The Morgan fingerprint density at radius 1 is 1.19 bits per heavy atom. The van der Waals surface area contributed by atoms with Crippen molar-refractivity contribution in [2.45, 2.75) is 27.4 Å². The molecule has 0 saturated carbocycles. The number of fused-ring (bicyclic) bond motifs is 1. The van der Waals surface area contributed by atoms with Gasteiger partial charge in [-0.25, -0.2) is 0 Å². The first kappa shape index (κ1) is 12.5. The third kappa shape index (κ3) is 2.14. The van der Waals surface area contributed by atoms with E-state index in [0.29, 0.717) is 5.69 Å². The molecule has 0 amide bonds. The van der Waals surface area contributed by atoms with E-state index in [4.69, 9.17) is 5.11 Å². The summed E-state index contributed by atoms with van der Waals surface area (Å²) in [6.07, 6.45) is 1.61. The van der Waals surface area contributed by atoms with Crippen molar-refractivity contribution in [2.24, 2.45) is 0 Å². The van der Waals surface area contributed by atoms with Crippen LogP contribution in [-0.2, 0) is 6.61 Å². The summed E-state index contributed by atoms with van der Waals surface area (Å²) in [6, 6.07) is 7.76. The summed E-state index contributed by atoms with van der Waals surface area (Å²) in [7, 11) is 0. The fraction of sp³-hybridized carbons (Fsp3) is 0.308. The molecule has 2 N–H and O–H groups in total. The fourth-order valence-electron chi connectivity index (χ4n) is 1.68. The lowest BCUT2D eigenvalue weighted by atomic mass is 10.1. The molecule has 0 spiro atoms. The van der Waals surface area contributed by atoms with E-state index in [1.165, 1.54) is 0 Å². The molecule has 16 heavy (non-hydrogen) atoms. The van der Waals surface area contributed by atoms with E-state index >= 15 is 0 Å². The molecule has 0 atom stereocenters. The molecule has 1 aromatic heterocycles. The van der Waals surface area contributed by atoms with E-state index < -0.39 is 0 Å². The zero-order valence-electron chi connectivity index (χ0n) is 9.94. The Kier molecular flexibility index (Phi) is 4.26. The highest BCUT2D eigenvalue weighted by Gasteiger charge is 2.15. The van der Waals surface area contributed by atoms with Gasteiger partial charge < -0.3 is 5.11 Å². The molecule has 0 aliphatic heterocycles. The van der Waals surface area contributed by atoms with E-state index in [0.717, 1.165) is 21.1 Å². The molecule has 1 aromatic carbocycles. The highest BCUT2D eigenvalue weighted by molar-refractivity contribution is 5.84. The minimum atomic E-state index is -0.160. The molecular formula is C13H18NO2+. The van der Waals surface area contributed by atoms with Crippen molar-refractivity contribution in [1.82, 2.24) is 0 Å². The van der Waals surface area contributed by atoms with Crippen molar-refractivity contribution in [1.29, 1.82) is 0 Å². The minimum Gasteiger partial charge on any atom is -0.385 e. The third-order valence-corrected chi connectivity index (χ3v) is 2.49. The first-order valence-electron chi connectivity index (χ1n) is 5.47. The SMILES string of the molecule is CC.Cc1c(CO)[n+](O)cc2ccccc12. The first-order chi connectivity index (χ1) is 7.74. The zero-order valence-corrected chi connectivity index (χ0v) is 9.94. The van der Waals surface area contributed by atoms with Crippen LogP contribution in [-0.4, -0.2) is 10.3 Å². The second kappa shape index (κ2) is 5.47. The largest absolute Gasteiger partial charge is 0.385 e. The lowest BCUT2D eigenvalue weighted by Gasteiger charge is -2.02. The molecule has 1 heterocycles. The zero-order chi connectivity index (χ0) is 12.1. The molecule has 0 radical (unpaired) electrons. The van der Waals surface area contributed by atoms with Gasteiger partial charge in [0.05, 0.1) is 5.39 Å². The number of aryl methyl sites for hydroxylation is 1. The number of hydrogen-bond donors (Lipinski definition) is 2. The van der Waals surface area contributed by atoms with E-state index in [1.807, 2.05) is 45.0 Å². The van der Waals surface area contributed by atoms with E-state index in [2.05, 4.69) is 0 Å². The maximum atomic E-state index is 9.55. The van der Waals surface area contributed by atoms with Crippen LogP contribution in [0.4, 0.5) is 0 Å². The van der Waals surface area contributed by atoms with Crippen LogP contribution in [0.1, 0.15) is 25.1 Å². The van der Waals surface area contributed by atoms with Crippen molar-refractivity contribution in [3.63, 3.8) is 0 Å². The highest BCUT2D eigenvalue weighted by Crippen LogP contribution is 2.17. The van der Waals surface area contributed by atoms with Gasteiger partial charge in [-0.1, -0.05) is 32.0 Å². The summed E-state index contributed by atoms with van der Waals surface area (Å²) < 4.78 is 0.984. The van der Waals surface area contributed by atoms with Crippen molar-refractivity contribution >= 4 is 10.8 Å². The molecule has 2 aromatic rings. The van der Waals surface area contributed by atoms with Crippen LogP contribution in [0.25, 0.3) is 10.8 Å². The first-order valence-corrected chi connectivity index (χ1v) is 5.47. The molecule has 2 rings (SSSR count). The number of hydrogen-bond acceptors (Lipinski definition) is 2. The van der Waals surface area contributed by atoms with Crippen molar-refractivity contribution in [2.75, 3.05) is 0 Å². The summed E-state index contributed by atoms with van der Waals surface area (Å²) in [5, 5.41) is 20.6. The van der Waals surface area contributed by atoms with E-state index in [9.17, 15) is 5.21 Å². The molecule has 0 aliphatic rings. The predicted octanol–water partition coefficient (Wildman–Crippen LogP) is 2.19. The summed E-state index contributed by atoms with van der Waals surface area (Å²) in [5.41, 5.74) is 1.44. The Balaban J connectivity index is 0.000000606. The number of aliphatic hydroxyl groups excluding tert-OH is 1.